The molecule has 4 nitrogen and oxygen atoms in total. The van der Waals surface area contributed by atoms with Crippen molar-refractivity contribution in [3.8, 4) is 0 Å². The number of rotatable bonds is 9. The van der Waals surface area contributed by atoms with Gasteiger partial charge in [-0.15, -0.1) is 11.3 Å². The topological polar surface area (TPSA) is 49.3 Å². The van der Waals surface area contributed by atoms with E-state index >= 15 is 0 Å². The van der Waals surface area contributed by atoms with Crippen molar-refractivity contribution in [2.24, 2.45) is 4.99 Å². The minimum absolute atomic E-state index is 0.876. The van der Waals surface area contributed by atoms with Crippen molar-refractivity contribution < 1.29 is 0 Å². The molecule has 0 unspecified atom stereocenters. The summed E-state index contributed by atoms with van der Waals surface area (Å²) in [6, 6.07) is 0. The molecule has 0 bridgehead atoms. The van der Waals surface area contributed by atoms with Crippen molar-refractivity contribution in [3.63, 3.8) is 0 Å². The van der Waals surface area contributed by atoms with E-state index in [0.29, 0.717) is 0 Å². The first-order valence-electron chi connectivity index (χ1n) is 7.59. The number of aryl methyl sites for hydroxylation is 2. The monoisotopic (exact) mass is 328 g/mol. The highest BCUT2D eigenvalue weighted by atomic mass is 32.2. The summed E-state index contributed by atoms with van der Waals surface area (Å²) in [7, 11) is 1.82. The van der Waals surface area contributed by atoms with E-state index in [2.05, 4.69) is 40.7 Å². The van der Waals surface area contributed by atoms with Crippen LogP contribution >= 0.6 is 23.1 Å². The van der Waals surface area contributed by atoms with Crippen LogP contribution in [0.1, 0.15) is 35.3 Å². The predicted molar refractivity (Wildman–Crippen MR) is 96.9 cm³/mol. The molecule has 0 aromatic carbocycles. The van der Waals surface area contributed by atoms with Gasteiger partial charge in [0.1, 0.15) is 0 Å². The lowest BCUT2D eigenvalue weighted by molar-refractivity contribution is 0.729. The van der Waals surface area contributed by atoms with Crippen molar-refractivity contribution in [1.29, 1.82) is 0 Å². The largest absolute Gasteiger partial charge is 0.356 e. The van der Waals surface area contributed by atoms with Crippen LogP contribution in [0, 0.1) is 6.92 Å². The second-order valence-electron chi connectivity index (χ2n) is 4.84. The Labute approximate surface area is 137 Å². The minimum atomic E-state index is 0.876. The van der Waals surface area contributed by atoms with E-state index in [9.17, 15) is 0 Å². The van der Waals surface area contributed by atoms with Gasteiger partial charge >= 0.3 is 0 Å². The SMILES string of the molecule is CCc1nc(CCNC(=NC)NCCCCSC)sc1C. The molecule has 2 N–H and O–H groups in total. The molecule has 0 spiro atoms. The Morgan fingerprint density at radius 3 is 2.67 bits per heavy atom. The first kappa shape index (κ1) is 18.3. The third kappa shape index (κ3) is 7.18. The maximum absolute atomic E-state index is 4.66. The molecule has 0 aliphatic heterocycles. The van der Waals surface area contributed by atoms with E-state index in [4.69, 9.17) is 0 Å². The van der Waals surface area contributed by atoms with Gasteiger partial charge in [-0.05, 0) is 38.2 Å². The molecule has 0 aliphatic rings. The summed E-state index contributed by atoms with van der Waals surface area (Å²) in [6.07, 6.45) is 6.57. The number of hydrogen-bond acceptors (Lipinski definition) is 4. The van der Waals surface area contributed by atoms with Crippen molar-refractivity contribution in [2.75, 3.05) is 32.1 Å². The molecule has 21 heavy (non-hydrogen) atoms. The van der Waals surface area contributed by atoms with Crippen molar-refractivity contribution >= 4 is 29.1 Å². The van der Waals surface area contributed by atoms with Gasteiger partial charge in [0.2, 0.25) is 0 Å². The van der Waals surface area contributed by atoms with Crippen LogP contribution in [0.15, 0.2) is 4.99 Å². The fraction of sp³-hybridized carbons (Fsp3) is 0.733. The van der Waals surface area contributed by atoms with Gasteiger partial charge in [-0.2, -0.15) is 11.8 Å². The fourth-order valence-corrected chi connectivity index (χ4v) is 3.52. The zero-order chi connectivity index (χ0) is 15.5. The van der Waals surface area contributed by atoms with Crippen LogP contribution in [0.25, 0.3) is 0 Å². The van der Waals surface area contributed by atoms with E-state index in [1.54, 1.807) is 0 Å². The molecule has 0 saturated carbocycles. The number of nitrogens with zero attached hydrogens (tertiary/aromatic N) is 2. The van der Waals surface area contributed by atoms with E-state index in [0.717, 1.165) is 31.9 Å². The molecule has 0 saturated heterocycles. The van der Waals surface area contributed by atoms with Crippen molar-refractivity contribution in [2.45, 2.75) is 39.5 Å². The maximum atomic E-state index is 4.66. The Morgan fingerprint density at radius 1 is 1.29 bits per heavy atom. The van der Waals surface area contributed by atoms with E-state index in [1.165, 1.54) is 34.2 Å². The Hall–Kier alpha value is -0.750. The summed E-state index contributed by atoms with van der Waals surface area (Å²) in [5, 5.41) is 7.93. The summed E-state index contributed by atoms with van der Waals surface area (Å²) in [5.74, 6) is 2.12. The third-order valence-electron chi connectivity index (χ3n) is 3.19. The first-order valence-corrected chi connectivity index (χ1v) is 9.80. The van der Waals surface area contributed by atoms with Crippen LogP contribution in [-0.2, 0) is 12.8 Å². The van der Waals surface area contributed by atoms with E-state index in [1.807, 2.05) is 30.1 Å². The van der Waals surface area contributed by atoms with Crippen LogP contribution in [-0.4, -0.2) is 43.1 Å². The quantitative estimate of drug-likeness (QED) is 0.416. The fourth-order valence-electron chi connectivity index (χ4n) is 2.01. The molecule has 1 rings (SSSR count). The average molecular weight is 329 g/mol. The van der Waals surface area contributed by atoms with Crippen molar-refractivity contribution in [1.82, 2.24) is 15.6 Å². The van der Waals surface area contributed by atoms with E-state index < -0.39 is 0 Å². The zero-order valence-electron chi connectivity index (χ0n) is 13.7. The zero-order valence-corrected chi connectivity index (χ0v) is 15.3. The standard InChI is InChI=1S/C15H28N4S2/c1-5-13-12(2)21-14(19-13)8-10-18-15(16-3)17-9-6-7-11-20-4/h5-11H2,1-4H3,(H2,16,17,18). The van der Waals surface area contributed by atoms with Gasteiger partial charge in [0.05, 0.1) is 10.7 Å². The molecule has 0 atom stereocenters. The van der Waals surface area contributed by atoms with Crippen molar-refractivity contribution in [3.05, 3.63) is 15.6 Å². The highest BCUT2D eigenvalue weighted by molar-refractivity contribution is 7.98. The molecule has 0 amide bonds. The molecule has 1 heterocycles. The van der Waals surface area contributed by atoms with Gasteiger partial charge in [0.15, 0.2) is 5.96 Å². The smallest absolute Gasteiger partial charge is 0.190 e. The lowest BCUT2D eigenvalue weighted by Crippen LogP contribution is -2.38. The normalized spacial score (nSPS) is 11.7. The van der Waals surface area contributed by atoms with Crippen LogP contribution in [0.2, 0.25) is 0 Å². The van der Waals surface area contributed by atoms with Crippen LogP contribution < -0.4 is 10.6 Å². The Morgan fingerprint density at radius 2 is 2.05 bits per heavy atom. The van der Waals surface area contributed by atoms with Gasteiger partial charge in [0.25, 0.3) is 0 Å². The van der Waals surface area contributed by atoms with Gasteiger partial charge in [-0.1, -0.05) is 6.92 Å². The molecule has 0 radical (unpaired) electrons. The predicted octanol–water partition coefficient (Wildman–Crippen LogP) is 2.86. The number of aromatic nitrogens is 1. The second-order valence-corrected chi connectivity index (χ2v) is 7.11. The Bertz CT molecular complexity index is 429. The summed E-state index contributed by atoms with van der Waals surface area (Å²) in [5.41, 5.74) is 1.24. The maximum Gasteiger partial charge on any atom is 0.190 e. The molecule has 1 aromatic heterocycles. The molecular weight excluding hydrogens is 300 g/mol. The number of hydrogen-bond donors (Lipinski definition) is 2. The number of nitrogens with one attached hydrogen (secondary N) is 2. The summed E-state index contributed by atoms with van der Waals surface area (Å²) in [4.78, 5) is 10.3. The van der Waals surface area contributed by atoms with Gasteiger partial charge < -0.3 is 10.6 Å². The van der Waals surface area contributed by atoms with Crippen LogP contribution in [0.5, 0.6) is 0 Å². The Balaban J connectivity index is 2.22. The highest BCUT2D eigenvalue weighted by Crippen LogP contribution is 2.17. The lowest BCUT2D eigenvalue weighted by atomic mass is 10.3. The first-order chi connectivity index (χ1) is 10.2. The van der Waals surface area contributed by atoms with E-state index in [-0.39, 0.29) is 0 Å². The summed E-state index contributed by atoms with van der Waals surface area (Å²) in [6.45, 7) is 6.17. The summed E-state index contributed by atoms with van der Waals surface area (Å²) < 4.78 is 0. The minimum Gasteiger partial charge on any atom is -0.356 e. The molecule has 0 fully saturated rings. The molecule has 6 heteroatoms. The van der Waals surface area contributed by atoms with Gasteiger partial charge in [-0.25, -0.2) is 4.98 Å². The third-order valence-corrected chi connectivity index (χ3v) is 4.96. The number of guanidine groups is 1. The van der Waals surface area contributed by atoms with Crippen LogP contribution in [0.3, 0.4) is 0 Å². The van der Waals surface area contributed by atoms with Gasteiger partial charge in [0, 0.05) is 31.4 Å². The second kappa shape index (κ2) is 10.9. The molecular formula is C15H28N4S2. The number of thioether (sulfide) groups is 1. The molecule has 120 valence electrons. The number of unbranched alkanes of at least 4 members (excludes halogenated alkanes) is 1. The summed E-state index contributed by atoms with van der Waals surface area (Å²) >= 11 is 3.71. The van der Waals surface area contributed by atoms with Gasteiger partial charge in [-0.3, -0.25) is 4.99 Å². The lowest BCUT2D eigenvalue weighted by Gasteiger charge is -2.11. The Kier molecular flexibility index (Phi) is 9.50. The number of aliphatic imine (C=N–C) groups is 1. The molecule has 1 aromatic rings. The highest BCUT2D eigenvalue weighted by Gasteiger charge is 2.05. The average Bonchev–Trinajstić information content (AvgIpc) is 2.85. The number of thiazole rings is 1. The molecule has 0 aliphatic carbocycles. The van der Waals surface area contributed by atoms with Crippen LogP contribution in [0.4, 0.5) is 0 Å².